The number of allylic oxidation sites excluding steroid dienone is 2. The number of unbranched alkanes of at least 4 members (excludes halogenated alkanes) is 2. The second kappa shape index (κ2) is 4.54. The van der Waals surface area contributed by atoms with Gasteiger partial charge in [-0.25, -0.2) is 0 Å². The number of hydrogen-bond donors (Lipinski definition) is 0. The van der Waals surface area contributed by atoms with Gasteiger partial charge in [0, 0.05) is 25.5 Å². The molecule has 1 heterocycles. The maximum absolute atomic E-state index is 2.25. The molecular weight excluding hydrogens is 160 g/mol. The zero-order valence-electron chi connectivity index (χ0n) is 9.30. The van der Waals surface area contributed by atoms with Crippen LogP contribution >= 0.6 is 0 Å². The molecule has 75 valence electrons. The van der Waals surface area contributed by atoms with E-state index in [0.29, 0.717) is 0 Å². The predicted octanol–water partition coefficient (Wildman–Crippen LogP) is 2.79. The largest absolute Gasteiger partial charge is 0.353 e. The van der Waals surface area contributed by atoms with Gasteiger partial charge in [-0.05, 0) is 19.8 Å². The van der Waals surface area contributed by atoms with Crippen LogP contribution in [0.4, 0.5) is 0 Å². The maximum Gasteiger partial charge on any atom is 0.141 e. The molecule has 0 unspecified atom stereocenters. The van der Waals surface area contributed by atoms with Crippen LogP contribution in [0.3, 0.4) is 0 Å². The summed E-state index contributed by atoms with van der Waals surface area (Å²) in [6.45, 7) is 6.59. The molecular formula is C11H21N2. The van der Waals surface area contributed by atoms with Gasteiger partial charge in [0.05, 0.1) is 0 Å². The molecule has 13 heavy (non-hydrogen) atoms. The SMILES string of the molecule is CCCCCC1=C(C)N(C)[CH]N1C. The Labute approximate surface area is 82.2 Å². The minimum atomic E-state index is 1.22. The van der Waals surface area contributed by atoms with E-state index in [4.69, 9.17) is 0 Å². The molecule has 0 aromatic rings. The lowest BCUT2D eigenvalue weighted by molar-refractivity contribution is 0.400. The molecule has 1 aliphatic rings. The highest BCUT2D eigenvalue weighted by Gasteiger charge is 2.19. The first-order valence-corrected chi connectivity index (χ1v) is 5.17. The van der Waals surface area contributed by atoms with Crippen LogP contribution in [0, 0.1) is 6.67 Å². The van der Waals surface area contributed by atoms with E-state index in [1.165, 1.54) is 37.1 Å². The smallest absolute Gasteiger partial charge is 0.141 e. The molecule has 0 amide bonds. The Bertz CT molecular complexity index is 196. The molecule has 0 saturated heterocycles. The van der Waals surface area contributed by atoms with E-state index in [1.807, 2.05) is 0 Å². The lowest BCUT2D eigenvalue weighted by Crippen LogP contribution is -2.14. The molecule has 0 N–H and O–H groups in total. The number of hydrogen-bond acceptors (Lipinski definition) is 2. The van der Waals surface area contributed by atoms with Crippen molar-refractivity contribution in [1.29, 1.82) is 0 Å². The number of rotatable bonds is 4. The summed E-state index contributed by atoms with van der Waals surface area (Å²) in [5.74, 6) is 0. The second-order valence-electron chi connectivity index (χ2n) is 3.83. The van der Waals surface area contributed by atoms with Crippen LogP contribution in [-0.2, 0) is 0 Å². The van der Waals surface area contributed by atoms with Crippen molar-refractivity contribution in [3.63, 3.8) is 0 Å². The van der Waals surface area contributed by atoms with Gasteiger partial charge in [-0.2, -0.15) is 0 Å². The summed E-state index contributed by atoms with van der Waals surface area (Å²) in [7, 11) is 4.24. The normalized spacial score (nSPS) is 17.5. The molecule has 0 aliphatic carbocycles. The van der Waals surface area contributed by atoms with Crippen molar-refractivity contribution in [3.05, 3.63) is 18.1 Å². The van der Waals surface area contributed by atoms with E-state index in [1.54, 1.807) is 0 Å². The summed E-state index contributed by atoms with van der Waals surface area (Å²) in [6, 6.07) is 0. The average Bonchev–Trinajstić information content (AvgIpc) is 2.32. The fourth-order valence-corrected chi connectivity index (χ4v) is 1.77. The maximum atomic E-state index is 2.25. The predicted molar refractivity (Wildman–Crippen MR) is 56.7 cm³/mol. The zero-order chi connectivity index (χ0) is 9.84. The highest BCUT2D eigenvalue weighted by atomic mass is 15.3. The lowest BCUT2D eigenvalue weighted by Gasteiger charge is -2.14. The lowest BCUT2D eigenvalue weighted by atomic mass is 10.1. The molecule has 2 heteroatoms. The third-order valence-corrected chi connectivity index (χ3v) is 2.74. The summed E-state index contributed by atoms with van der Waals surface area (Å²) in [5.41, 5.74) is 2.88. The first-order valence-electron chi connectivity index (χ1n) is 5.17. The fraction of sp³-hybridized carbons (Fsp3) is 0.727. The monoisotopic (exact) mass is 181 g/mol. The first-order chi connectivity index (χ1) is 6.16. The minimum Gasteiger partial charge on any atom is -0.353 e. The Morgan fingerprint density at radius 3 is 2.31 bits per heavy atom. The highest BCUT2D eigenvalue weighted by Crippen LogP contribution is 2.26. The Kier molecular flexibility index (Phi) is 3.64. The van der Waals surface area contributed by atoms with E-state index in [2.05, 4.69) is 44.4 Å². The molecule has 1 aliphatic heterocycles. The van der Waals surface area contributed by atoms with Crippen molar-refractivity contribution < 1.29 is 0 Å². The molecule has 1 rings (SSSR count). The van der Waals surface area contributed by atoms with E-state index >= 15 is 0 Å². The number of nitrogens with zero attached hydrogens (tertiary/aromatic N) is 2. The van der Waals surface area contributed by atoms with Gasteiger partial charge in [0.1, 0.15) is 6.67 Å². The molecule has 0 fully saturated rings. The molecule has 0 aromatic heterocycles. The molecule has 0 atom stereocenters. The van der Waals surface area contributed by atoms with E-state index < -0.39 is 0 Å². The Morgan fingerprint density at radius 2 is 1.85 bits per heavy atom. The van der Waals surface area contributed by atoms with E-state index in [0.717, 1.165) is 0 Å². The van der Waals surface area contributed by atoms with Gasteiger partial charge in [0.2, 0.25) is 0 Å². The summed E-state index contributed by atoms with van der Waals surface area (Å²) >= 11 is 0. The highest BCUT2D eigenvalue weighted by molar-refractivity contribution is 5.17. The van der Waals surface area contributed by atoms with E-state index in [-0.39, 0.29) is 0 Å². The summed E-state index contributed by atoms with van der Waals surface area (Å²) in [4.78, 5) is 4.44. The minimum absolute atomic E-state index is 1.22. The van der Waals surface area contributed by atoms with Crippen LogP contribution in [-0.4, -0.2) is 23.9 Å². The van der Waals surface area contributed by atoms with Crippen molar-refractivity contribution in [2.24, 2.45) is 0 Å². The van der Waals surface area contributed by atoms with Crippen LogP contribution in [0.1, 0.15) is 39.5 Å². The van der Waals surface area contributed by atoms with Gasteiger partial charge in [-0.1, -0.05) is 19.8 Å². The van der Waals surface area contributed by atoms with Gasteiger partial charge in [0.15, 0.2) is 0 Å². The van der Waals surface area contributed by atoms with Gasteiger partial charge >= 0.3 is 0 Å². The zero-order valence-corrected chi connectivity index (χ0v) is 9.30. The molecule has 2 nitrogen and oxygen atoms in total. The van der Waals surface area contributed by atoms with Gasteiger partial charge < -0.3 is 9.80 Å². The van der Waals surface area contributed by atoms with Gasteiger partial charge in [-0.15, -0.1) is 0 Å². The summed E-state index contributed by atoms with van der Waals surface area (Å²) < 4.78 is 0. The van der Waals surface area contributed by atoms with Crippen LogP contribution in [0.25, 0.3) is 0 Å². The molecule has 0 saturated carbocycles. The van der Waals surface area contributed by atoms with Crippen molar-refractivity contribution in [2.45, 2.75) is 39.5 Å². The third-order valence-electron chi connectivity index (χ3n) is 2.74. The topological polar surface area (TPSA) is 6.48 Å². The third kappa shape index (κ3) is 2.39. The van der Waals surface area contributed by atoms with Crippen molar-refractivity contribution in [3.8, 4) is 0 Å². The van der Waals surface area contributed by atoms with Crippen LogP contribution in [0.2, 0.25) is 0 Å². The molecule has 0 aromatic carbocycles. The molecule has 0 bridgehead atoms. The molecule has 1 radical (unpaired) electrons. The van der Waals surface area contributed by atoms with Crippen LogP contribution < -0.4 is 0 Å². The van der Waals surface area contributed by atoms with Crippen molar-refractivity contribution in [1.82, 2.24) is 9.80 Å². The Morgan fingerprint density at radius 1 is 1.15 bits per heavy atom. The van der Waals surface area contributed by atoms with Gasteiger partial charge in [0.25, 0.3) is 0 Å². The first kappa shape index (κ1) is 10.4. The summed E-state index contributed by atoms with van der Waals surface area (Å²) in [5, 5.41) is 0. The Hall–Kier alpha value is -0.660. The van der Waals surface area contributed by atoms with Gasteiger partial charge in [-0.3, -0.25) is 0 Å². The van der Waals surface area contributed by atoms with E-state index in [9.17, 15) is 0 Å². The second-order valence-corrected chi connectivity index (χ2v) is 3.83. The van der Waals surface area contributed by atoms with Crippen molar-refractivity contribution >= 4 is 0 Å². The summed E-state index contributed by atoms with van der Waals surface area (Å²) in [6.07, 6.45) is 5.18. The standard InChI is InChI=1S/C11H21N2/c1-5-6-7-8-11-10(2)12(3)9-13(11)4/h9H,5-8H2,1-4H3. The Balaban J connectivity index is 2.46. The average molecular weight is 181 g/mol. The van der Waals surface area contributed by atoms with Crippen LogP contribution in [0.15, 0.2) is 11.4 Å². The molecule has 0 spiro atoms. The quantitative estimate of drug-likeness (QED) is 0.615. The fourth-order valence-electron chi connectivity index (χ4n) is 1.77. The van der Waals surface area contributed by atoms with Crippen LogP contribution in [0.5, 0.6) is 0 Å². The van der Waals surface area contributed by atoms with Crippen molar-refractivity contribution in [2.75, 3.05) is 14.1 Å².